The zero-order chi connectivity index (χ0) is 32.1. The average molecular weight is 580 g/mol. The molecule has 0 amide bonds. The molecule has 0 saturated carbocycles. The van der Waals surface area contributed by atoms with Gasteiger partial charge in [0.05, 0.1) is 6.20 Å². The first-order chi connectivity index (χ1) is 19.0. The number of hydrogen-bond donors (Lipinski definition) is 5. The van der Waals surface area contributed by atoms with Crippen LogP contribution >= 0.6 is 0 Å². The summed E-state index contributed by atoms with van der Waals surface area (Å²) in [5, 5.41) is 0. The highest BCUT2D eigenvalue weighted by Crippen LogP contribution is 2.27. The van der Waals surface area contributed by atoms with E-state index in [1.54, 1.807) is 0 Å². The topological polar surface area (TPSA) is 145 Å². The Balaban J connectivity index is 0. The molecule has 1 rings (SSSR count). The number of nitrogens with zero attached hydrogens (tertiary/aromatic N) is 2. The van der Waals surface area contributed by atoms with E-state index in [0.717, 1.165) is 84.9 Å². The highest BCUT2D eigenvalue weighted by molar-refractivity contribution is 5.75. The molecule has 244 valence electrons. The molecule has 0 aliphatic heterocycles. The van der Waals surface area contributed by atoms with Gasteiger partial charge in [-0.1, -0.05) is 89.5 Å². The third-order valence-corrected chi connectivity index (χ3v) is 8.51. The number of H-pyrrole nitrogens is 1. The second kappa shape index (κ2) is 23.8. The standard InChI is InChI=1S/C12H23N3.C11H25N3.C11H25N/c1-8(2)11(9(3)4)6-5-10-7-14-12(13)15-10;1-8(2)10(9(3)4)6-5-7-14-11(12)13;1-9(2)11(10(3)4)7-5-6-8-12/h7-9,11H,5-6H2,1-4H3,(H3,13,14,15);8-10H,5-7H2,1-4H3,(H4,12,13,14);9-11H,5-8,12H2,1-4H3. The van der Waals surface area contributed by atoms with Crippen molar-refractivity contribution < 1.29 is 0 Å². The van der Waals surface area contributed by atoms with Crippen molar-refractivity contribution in [2.75, 3.05) is 18.8 Å². The monoisotopic (exact) mass is 580 g/mol. The summed E-state index contributed by atoms with van der Waals surface area (Å²) in [6.45, 7) is 29.2. The maximum Gasteiger partial charge on any atom is 0.197 e. The molecule has 7 nitrogen and oxygen atoms in total. The predicted octanol–water partition coefficient (Wildman–Crippen LogP) is 7.86. The Morgan fingerprint density at radius 2 is 1.10 bits per heavy atom. The predicted molar refractivity (Wildman–Crippen MR) is 184 cm³/mol. The van der Waals surface area contributed by atoms with E-state index >= 15 is 0 Å². The van der Waals surface area contributed by atoms with E-state index < -0.39 is 0 Å². The van der Waals surface area contributed by atoms with Crippen LogP contribution in [0.15, 0.2) is 11.2 Å². The molecular weight excluding hydrogens is 506 g/mol. The summed E-state index contributed by atoms with van der Waals surface area (Å²) >= 11 is 0. The number of aryl methyl sites for hydroxylation is 1. The molecule has 0 unspecified atom stereocenters. The van der Waals surface area contributed by atoms with Crippen LogP contribution in [0.1, 0.15) is 127 Å². The van der Waals surface area contributed by atoms with Gasteiger partial charge in [0.2, 0.25) is 0 Å². The van der Waals surface area contributed by atoms with Crippen LogP contribution in [0.3, 0.4) is 0 Å². The van der Waals surface area contributed by atoms with Crippen LogP contribution < -0.4 is 22.9 Å². The van der Waals surface area contributed by atoms with Gasteiger partial charge in [-0.05, 0) is 98.3 Å². The number of imidazole rings is 1. The fourth-order valence-electron chi connectivity index (χ4n) is 6.19. The lowest BCUT2D eigenvalue weighted by Gasteiger charge is -2.24. The van der Waals surface area contributed by atoms with Crippen LogP contribution in [0, 0.1) is 53.3 Å². The number of aromatic nitrogens is 2. The average Bonchev–Trinajstić information content (AvgIpc) is 3.26. The molecule has 0 aromatic carbocycles. The smallest absolute Gasteiger partial charge is 0.197 e. The van der Waals surface area contributed by atoms with Gasteiger partial charge in [-0.2, -0.15) is 0 Å². The molecule has 0 spiro atoms. The van der Waals surface area contributed by atoms with Crippen molar-refractivity contribution in [2.24, 2.45) is 75.5 Å². The van der Waals surface area contributed by atoms with E-state index in [2.05, 4.69) is 98.0 Å². The van der Waals surface area contributed by atoms with Crippen molar-refractivity contribution in [2.45, 2.75) is 128 Å². The fraction of sp³-hybridized carbons (Fsp3) is 0.882. The number of aliphatic imine (C=N–C) groups is 1. The molecule has 0 fully saturated rings. The second-order valence-electron chi connectivity index (χ2n) is 14.0. The van der Waals surface area contributed by atoms with Gasteiger partial charge in [-0.25, -0.2) is 4.98 Å². The van der Waals surface area contributed by atoms with E-state index in [4.69, 9.17) is 22.9 Å². The number of hydrogen-bond acceptors (Lipinski definition) is 4. The minimum Gasteiger partial charge on any atom is -0.370 e. The van der Waals surface area contributed by atoms with E-state index in [1.165, 1.54) is 32.1 Å². The van der Waals surface area contributed by atoms with Gasteiger partial charge in [0, 0.05) is 12.2 Å². The Hall–Kier alpha value is -1.76. The Morgan fingerprint density at radius 3 is 1.44 bits per heavy atom. The molecule has 1 heterocycles. The maximum absolute atomic E-state index is 5.54. The van der Waals surface area contributed by atoms with E-state index in [1.807, 2.05) is 6.20 Å². The molecule has 41 heavy (non-hydrogen) atoms. The molecule has 0 radical (unpaired) electrons. The molecule has 7 heteroatoms. The molecular formula is C34H73N7. The fourth-order valence-corrected chi connectivity index (χ4v) is 6.19. The van der Waals surface area contributed by atoms with Crippen molar-refractivity contribution in [1.82, 2.24) is 9.97 Å². The maximum atomic E-state index is 5.54. The molecule has 0 saturated heterocycles. The lowest BCUT2D eigenvalue weighted by molar-refractivity contribution is 0.262. The zero-order valence-corrected chi connectivity index (χ0v) is 29.3. The Labute approximate surface area is 255 Å². The van der Waals surface area contributed by atoms with Crippen molar-refractivity contribution in [3.63, 3.8) is 0 Å². The van der Waals surface area contributed by atoms with Crippen molar-refractivity contribution in [1.29, 1.82) is 0 Å². The molecule has 9 N–H and O–H groups in total. The first-order valence-electron chi connectivity index (χ1n) is 16.6. The second-order valence-corrected chi connectivity index (χ2v) is 14.0. The van der Waals surface area contributed by atoms with Gasteiger partial charge < -0.3 is 27.9 Å². The minimum absolute atomic E-state index is 0.204. The first-order valence-corrected chi connectivity index (χ1v) is 16.6. The summed E-state index contributed by atoms with van der Waals surface area (Å²) in [6.07, 6.45) is 10.2. The van der Waals surface area contributed by atoms with Gasteiger partial charge in [0.1, 0.15) is 0 Å². The van der Waals surface area contributed by atoms with E-state index in [0.29, 0.717) is 5.95 Å². The number of nitrogens with one attached hydrogen (secondary N) is 1. The Kier molecular flexibility index (Phi) is 24.0. The molecule has 0 atom stereocenters. The SMILES string of the molecule is CC(C)C(CCCCN)C(C)C.CC(C)C(CCCN=C(N)N)C(C)C.CC(C)C(CCc1cnc(N)[nH]1)C(C)C. The van der Waals surface area contributed by atoms with E-state index in [-0.39, 0.29) is 5.96 Å². The highest BCUT2D eigenvalue weighted by atomic mass is 15.0. The summed E-state index contributed by atoms with van der Waals surface area (Å²) in [5.41, 5.74) is 22.7. The molecule has 1 aromatic heterocycles. The van der Waals surface area contributed by atoms with Gasteiger partial charge in [-0.3, -0.25) is 4.99 Å². The third kappa shape index (κ3) is 21.6. The summed E-state index contributed by atoms with van der Waals surface area (Å²) in [4.78, 5) is 11.1. The minimum atomic E-state index is 0.204. The first kappa shape index (κ1) is 41.4. The van der Waals surface area contributed by atoms with Crippen molar-refractivity contribution in [3.05, 3.63) is 11.9 Å². The van der Waals surface area contributed by atoms with Crippen molar-refractivity contribution in [3.8, 4) is 0 Å². The van der Waals surface area contributed by atoms with Crippen LogP contribution in [0.2, 0.25) is 0 Å². The number of unbranched alkanes of at least 4 members (excludes halogenated alkanes) is 1. The number of aromatic amines is 1. The van der Waals surface area contributed by atoms with Crippen LogP contribution in [0.25, 0.3) is 0 Å². The van der Waals surface area contributed by atoms with E-state index in [9.17, 15) is 0 Å². The number of anilines is 1. The summed E-state index contributed by atoms with van der Waals surface area (Å²) in [7, 11) is 0. The largest absolute Gasteiger partial charge is 0.370 e. The van der Waals surface area contributed by atoms with Gasteiger partial charge in [-0.15, -0.1) is 0 Å². The number of rotatable bonds is 17. The van der Waals surface area contributed by atoms with Crippen molar-refractivity contribution >= 4 is 11.9 Å². The van der Waals surface area contributed by atoms with Crippen LogP contribution in [-0.2, 0) is 6.42 Å². The molecule has 0 aliphatic rings. The lowest BCUT2D eigenvalue weighted by atomic mass is 9.82. The highest BCUT2D eigenvalue weighted by Gasteiger charge is 2.18. The quantitative estimate of drug-likeness (QED) is 0.0724. The van der Waals surface area contributed by atoms with Gasteiger partial charge in [0.15, 0.2) is 11.9 Å². The number of guanidine groups is 1. The van der Waals surface area contributed by atoms with Crippen LogP contribution in [0.4, 0.5) is 5.95 Å². The van der Waals surface area contributed by atoms with Gasteiger partial charge >= 0.3 is 0 Å². The lowest BCUT2D eigenvalue weighted by Crippen LogP contribution is -2.23. The zero-order valence-electron chi connectivity index (χ0n) is 29.3. The molecule has 1 aromatic rings. The Bertz CT molecular complexity index is 722. The van der Waals surface area contributed by atoms with Gasteiger partial charge in [0.25, 0.3) is 0 Å². The van der Waals surface area contributed by atoms with Crippen LogP contribution in [0.5, 0.6) is 0 Å². The summed E-state index contributed by atoms with van der Waals surface area (Å²) in [6, 6.07) is 0. The third-order valence-electron chi connectivity index (χ3n) is 8.51. The normalized spacial score (nSPS) is 11.8. The number of nitrogens with two attached hydrogens (primary N) is 4. The number of nitrogen functional groups attached to an aromatic ring is 1. The summed E-state index contributed by atoms with van der Waals surface area (Å²) < 4.78 is 0. The molecule has 0 bridgehead atoms. The molecule has 0 aliphatic carbocycles. The van der Waals surface area contributed by atoms with Crippen LogP contribution in [-0.4, -0.2) is 29.0 Å². The Morgan fingerprint density at radius 1 is 0.683 bits per heavy atom. The summed E-state index contributed by atoms with van der Waals surface area (Å²) in [5.74, 6) is 7.78.